The van der Waals surface area contributed by atoms with E-state index >= 15 is 0 Å². The normalized spacial score (nSPS) is 17.6. The summed E-state index contributed by atoms with van der Waals surface area (Å²) in [6.45, 7) is 5.59. The molecule has 0 unspecified atom stereocenters. The Kier molecular flexibility index (Phi) is 7.27. The van der Waals surface area contributed by atoms with Crippen molar-refractivity contribution in [2.75, 3.05) is 7.05 Å². The number of nitrogens with zero attached hydrogens (tertiary/aromatic N) is 8. The fourth-order valence-electron chi connectivity index (χ4n) is 4.72. The molecule has 1 aliphatic rings. The minimum Gasteiger partial charge on any atom is -0.444 e. The Bertz CT molecular complexity index is 1550. The van der Waals surface area contributed by atoms with Crippen LogP contribution < -0.4 is 0 Å². The molecule has 0 bridgehead atoms. The minimum atomic E-state index is -0.529. The van der Waals surface area contributed by atoms with Gasteiger partial charge < -0.3 is 9.64 Å². The second-order valence-electron chi connectivity index (χ2n) is 10.6. The third kappa shape index (κ3) is 5.73. The summed E-state index contributed by atoms with van der Waals surface area (Å²) in [6.07, 6.45) is 9.77. The maximum atomic E-state index is 14.4. The lowest BCUT2D eigenvalue weighted by atomic mass is 9.90. The van der Waals surface area contributed by atoms with Crippen molar-refractivity contribution in [3.63, 3.8) is 0 Å². The number of pyridine rings is 2. The van der Waals surface area contributed by atoms with Crippen LogP contribution in [0.2, 0.25) is 0 Å². The van der Waals surface area contributed by atoms with Crippen LogP contribution in [0.3, 0.4) is 0 Å². The van der Waals surface area contributed by atoms with Crippen molar-refractivity contribution in [3.8, 4) is 17.3 Å². The van der Waals surface area contributed by atoms with E-state index < -0.39 is 11.4 Å². The Morgan fingerprint density at radius 1 is 1.26 bits per heavy atom. The van der Waals surface area contributed by atoms with E-state index in [1.54, 1.807) is 22.7 Å². The van der Waals surface area contributed by atoms with Gasteiger partial charge in [0.2, 0.25) is 0 Å². The summed E-state index contributed by atoms with van der Waals surface area (Å²) < 4.78 is 23.4. The van der Waals surface area contributed by atoms with Crippen molar-refractivity contribution in [3.05, 3.63) is 54.4 Å². The molecule has 1 saturated carbocycles. The van der Waals surface area contributed by atoms with E-state index in [1.807, 2.05) is 37.7 Å². The molecule has 1 aliphatic carbocycles. The molecule has 10 nitrogen and oxygen atoms in total. The molecule has 0 aromatic carbocycles. The van der Waals surface area contributed by atoms with E-state index in [4.69, 9.17) is 4.74 Å². The van der Waals surface area contributed by atoms with Crippen LogP contribution in [-0.2, 0) is 4.74 Å². The highest BCUT2D eigenvalue weighted by molar-refractivity contribution is 7.99. The summed E-state index contributed by atoms with van der Waals surface area (Å²) in [5.41, 5.74) is 1.81. The molecule has 4 aromatic rings. The summed E-state index contributed by atoms with van der Waals surface area (Å²) in [6, 6.07) is 7.16. The fourth-order valence-corrected chi connectivity index (χ4v) is 5.69. The lowest BCUT2D eigenvalue weighted by molar-refractivity contribution is 0.0172. The van der Waals surface area contributed by atoms with Gasteiger partial charge in [-0.1, -0.05) is 17.0 Å². The largest absolute Gasteiger partial charge is 0.444 e. The summed E-state index contributed by atoms with van der Waals surface area (Å²) in [5, 5.41) is 22.9. The highest BCUT2D eigenvalue weighted by atomic mass is 32.2. The van der Waals surface area contributed by atoms with Gasteiger partial charge in [-0.15, -0.1) is 5.10 Å². The zero-order valence-electron chi connectivity index (χ0n) is 22.2. The fraction of sp³-hybridized carbons (Fsp3) is 0.407. The van der Waals surface area contributed by atoms with Crippen molar-refractivity contribution in [1.29, 1.82) is 5.26 Å². The number of carbonyl (C=O) groups excluding carboxylic acids is 1. The van der Waals surface area contributed by atoms with Crippen LogP contribution in [0.15, 0.2) is 52.9 Å². The molecule has 0 N–H and O–H groups in total. The Labute approximate surface area is 229 Å². The topological polar surface area (TPSA) is 114 Å². The molecule has 1 amide bonds. The Balaban J connectivity index is 1.35. The molecule has 202 valence electrons. The molecule has 0 radical (unpaired) electrons. The number of hydrogen-bond donors (Lipinski definition) is 0. The Morgan fingerprint density at radius 3 is 2.72 bits per heavy atom. The predicted molar refractivity (Wildman–Crippen MR) is 143 cm³/mol. The van der Waals surface area contributed by atoms with E-state index in [-0.39, 0.29) is 23.2 Å². The molecule has 0 saturated heterocycles. The molecule has 5 rings (SSSR count). The maximum Gasteiger partial charge on any atom is 0.410 e. The number of hydrogen-bond acceptors (Lipinski definition) is 8. The van der Waals surface area contributed by atoms with Gasteiger partial charge in [0.05, 0.1) is 29.5 Å². The van der Waals surface area contributed by atoms with E-state index in [2.05, 4.69) is 26.5 Å². The second kappa shape index (κ2) is 10.6. The van der Waals surface area contributed by atoms with Gasteiger partial charge >= 0.3 is 6.09 Å². The van der Waals surface area contributed by atoms with Crippen LogP contribution in [0.25, 0.3) is 16.8 Å². The first-order chi connectivity index (χ1) is 18.6. The number of halogens is 1. The van der Waals surface area contributed by atoms with Crippen LogP contribution in [0.4, 0.5) is 9.18 Å². The average molecular weight is 549 g/mol. The van der Waals surface area contributed by atoms with Gasteiger partial charge in [0.25, 0.3) is 0 Å². The zero-order chi connectivity index (χ0) is 27.7. The summed E-state index contributed by atoms with van der Waals surface area (Å²) >= 11 is 1.13. The number of amides is 1. The van der Waals surface area contributed by atoms with E-state index in [0.717, 1.165) is 43.0 Å². The van der Waals surface area contributed by atoms with Crippen molar-refractivity contribution in [2.45, 2.75) is 74.1 Å². The van der Waals surface area contributed by atoms with Crippen molar-refractivity contribution in [1.82, 2.24) is 34.5 Å². The molecule has 4 aromatic heterocycles. The lowest BCUT2D eigenvalue weighted by Crippen LogP contribution is -2.42. The minimum absolute atomic E-state index is 0.113. The molecular formula is C27H29FN8O2S. The average Bonchev–Trinajstić information content (AvgIpc) is 3.56. The monoisotopic (exact) mass is 548 g/mol. The van der Waals surface area contributed by atoms with Crippen molar-refractivity contribution in [2.24, 2.45) is 0 Å². The van der Waals surface area contributed by atoms with Crippen molar-refractivity contribution < 1.29 is 13.9 Å². The highest BCUT2D eigenvalue weighted by Crippen LogP contribution is 2.36. The molecule has 0 spiro atoms. The van der Waals surface area contributed by atoms with Gasteiger partial charge in [0, 0.05) is 35.9 Å². The Hall–Kier alpha value is -3.98. The van der Waals surface area contributed by atoms with E-state index in [9.17, 15) is 14.4 Å². The number of ether oxygens (including phenoxy) is 1. The lowest BCUT2D eigenvalue weighted by Gasteiger charge is -2.35. The van der Waals surface area contributed by atoms with Crippen LogP contribution in [0, 0.1) is 17.1 Å². The predicted octanol–water partition coefficient (Wildman–Crippen LogP) is 5.50. The van der Waals surface area contributed by atoms with Crippen LogP contribution >= 0.6 is 11.8 Å². The van der Waals surface area contributed by atoms with E-state index in [1.165, 1.54) is 24.5 Å². The quantitative estimate of drug-likeness (QED) is 0.321. The van der Waals surface area contributed by atoms with Crippen molar-refractivity contribution >= 4 is 23.4 Å². The summed E-state index contributed by atoms with van der Waals surface area (Å²) in [7, 11) is 1.79. The SMILES string of the molecule is CN(C(=O)OC(C)(C)C)C1CCC(n2cc(-c3cc(Sc4ncccc4F)c4c(C#N)cnn4c3)nn2)CC1. The summed E-state index contributed by atoms with van der Waals surface area (Å²) in [5.74, 6) is -0.442. The third-order valence-electron chi connectivity index (χ3n) is 6.70. The molecule has 4 heterocycles. The van der Waals surface area contributed by atoms with Gasteiger partial charge in [-0.25, -0.2) is 23.4 Å². The van der Waals surface area contributed by atoms with Gasteiger partial charge in [0.1, 0.15) is 22.4 Å². The number of fused-ring (bicyclic) bond motifs is 1. The molecule has 0 atom stereocenters. The third-order valence-corrected chi connectivity index (χ3v) is 7.73. The molecule has 0 aliphatic heterocycles. The number of carbonyl (C=O) groups is 1. The number of aromatic nitrogens is 6. The molecule has 12 heteroatoms. The maximum absolute atomic E-state index is 14.4. The number of rotatable bonds is 5. The van der Waals surface area contributed by atoms with E-state index in [0.29, 0.717) is 21.7 Å². The van der Waals surface area contributed by atoms with Gasteiger partial charge in [-0.2, -0.15) is 10.4 Å². The van der Waals surface area contributed by atoms with Crippen LogP contribution in [-0.4, -0.2) is 59.3 Å². The molecule has 1 fully saturated rings. The molecular weight excluding hydrogens is 519 g/mol. The first-order valence-corrected chi connectivity index (χ1v) is 13.5. The van der Waals surface area contributed by atoms with Crippen LogP contribution in [0.1, 0.15) is 58.1 Å². The zero-order valence-corrected chi connectivity index (χ0v) is 23.0. The second-order valence-corrected chi connectivity index (χ2v) is 11.6. The van der Waals surface area contributed by atoms with Gasteiger partial charge in [0.15, 0.2) is 5.82 Å². The smallest absolute Gasteiger partial charge is 0.410 e. The summed E-state index contributed by atoms with van der Waals surface area (Å²) in [4.78, 5) is 19.0. The van der Waals surface area contributed by atoms with Crippen LogP contribution in [0.5, 0.6) is 0 Å². The first-order valence-electron chi connectivity index (χ1n) is 12.7. The van der Waals surface area contributed by atoms with Gasteiger partial charge in [-0.3, -0.25) is 0 Å². The first kappa shape index (κ1) is 26.6. The molecule has 39 heavy (non-hydrogen) atoms. The highest BCUT2D eigenvalue weighted by Gasteiger charge is 2.30. The Morgan fingerprint density at radius 2 is 2.03 bits per heavy atom. The number of nitriles is 1. The van der Waals surface area contributed by atoms with Gasteiger partial charge in [-0.05, 0) is 64.7 Å². The standard InChI is InChI=1S/C27H29FN8O2S/c1-27(2,3)38-26(37)34(4)19-7-9-20(10-8-19)35-16-22(32-33-35)17-12-23(39-25-21(28)6-5-11-30-25)24-18(13-29)14-31-36(24)15-17/h5-6,11-12,14-16,19-20H,7-10H2,1-4H3.